The molecule has 41 heavy (non-hydrogen) atoms. The van der Waals surface area contributed by atoms with Crippen molar-refractivity contribution in [2.75, 3.05) is 57.4 Å². The number of nitrogens with zero attached hydrogens (tertiary/aromatic N) is 2. The van der Waals surface area contributed by atoms with Gasteiger partial charge in [-0.05, 0) is 95.8 Å². The number of carbonyl (C=O) groups is 2. The van der Waals surface area contributed by atoms with Crippen LogP contribution in [0.25, 0.3) is 0 Å². The molecule has 3 heterocycles. The fraction of sp³-hybridized carbons (Fsp3) is 0.939. The number of hydrogen-bond donors (Lipinski definition) is 0. The Hall–Kier alpha value is -0.440. The first-order valence-electron chi connectivity index (χ1n) is 16.4. The normalized spacial score (nSPS) is 21.7. The minimum Gasteiger partial charge on any atom is -0.465 e. The lowest BCUT2D eigenvalue weighted by atomic mass is 9.85. The van der Waals surface area contributed by atoms with Gasteiger partial charge < -0.3 is 14.4 Å². The molecule has 3 fully saturated rings. The van der Waals surface area contributed by atoms with Crippen LogP contribution in [0.1, 0.15) is 112 Å². The summed E-state index contributed by atoms with van der Waals surface area (Å²) < 4.78 is 11.4. The monoisotopic (exact) mass is 612 g/mol. The summed E-state index contributed by atoms with van der Waals surface area (Å²) in [5.41, 5.74) is 0.211. The second-order valence-electron chi connectivity index (χ2n) is 15.0. The molecule has 3 rings (SSSR count). The van der Waals surface area contributed by atoms with Gasteiger partial charge in [-0.15, -0.1) is 0 Å². The Morgan fingerprint density at radius 1 is 0.805 bits per heavy atom. The number of hydrogen-bond acceptors (Lipinski definition) is 8. The van der Waals surface area contributed by atoms with Crippen LogP contribution in [0, 0.1) is 22.7 Å². The van der Waals surface area contributed by atoms with Gasteiger partial charge in [0.15, 0.2) is 0 Å². The maximum atomic E-state index is 12.6. The summed E-state index contributed by atoms with van der Waals surface area (Å²) in [5, 5.41) is 0. The third kappa shape index (κ3) is 12.6. The largest absolute Gasteiger partial charge is 0.465 e. The summed E-state index contributed by atoms with van der Waals surface area (Å²) in [4.78, 5) is 30.0. The van der Waals surface area contributed by atoms with Crippen molar-refractivity contribution in [2.24, 2.45) is 22.7 Å². The lowest BCUT2D eigenvalue weighted by molar-refractivity contribution is -0.152. The molecule has 0 radical (unpaired) electrons. The minimum absolute atomic E-state index is 0.115. The van der Waals surface area contributed by atoms with Crippen LogP contribution in [0.3, 0.4) is 0 Å². The van der Waals surface area contributed by atoms with Crippen LogP contribution in [0.15, 0.2) is 0 Å². The Labute approximate surface area is 259 Å². The van der Waals surface area contributed by atoms with Gasteiger partial charge in [0.2, 0.25) is 0 Å². The van der Waals surface area contributed by atoms with Gasteiger partial charge in [0, 0.05) is 30.0 Å². The van der Waals surface area contributed by atoms with Crippen LogP contribution in [-0.2, 0) is 19.1 Å². The van der Waals surface area contributed by atoms with Crippen LogP contribution in [0.5, 0.6) is 0 Å². The van der Waals surface area contributed by atoms with Crippen molar-refractivity contribution in [2.45, 2.75) is 118 Å². The molecule has 3 aliphatic rings. The van der Waals surface area contributed by atoms with Gasteiger partial charge in [-0.3, -0.25) is 14.5 Å². The molecule has 0 saturated carbocycles. The van der Waals surface area contributed by atoms with Gasteiger partial charge in [0.05, 0.1) is 11.8 Å². The molecule has 0 aliphatic carbocycles. The molecule has 0 bridgehead atoms. The van der Waals surface area contributed by atoms with Crippen molar-refractivity contribution in [3.63, 3.8) is 0 Å². The van der Waals surface area contributed by atoms with Crippen LogP contribution >= 0.6 is 21.6 Å². The lowest BCUT2D eigenvalue weighted by Crippen LogP contribution is -2.47. The van der Waals surface area contributed by atoms with E-state index in [1.54, 1.807) is 21.6 Å². The van der Waals surface area contributed by atoms with E-state index in [0.29, 0.717) is 31.6 Å². The molecule has 6 nitrogen and oxygen atoms in total. The molecule has 3 saturated heterocycles. The molecule has 0 spiro atoms. The highest BCUT2D eigenvalue weighted by molar-refractivity contribution is 8.77. The maximum Gasteiger partial charge on any atom is 0.307 e. The fourth-order valence-corrected chi connectivity index (χ4v) is 9.50. The highest BCUT2D eigenvalue weighted by atomic mass is 33.1. The molecule has 0 unspecified atom stereocenters. The van der Waals surface area contributed by atoms with Crippen molar-refractivity contribution in [1.82, 2.24) is 9.80 Å². The zero-order valence-corrected chi connectivity index (χ0v) is 28.8. The number of ether oxygens (including phenoxy) is 2. The van der Waals surface area contributed by atoms with E-state index >= 15 is 0 Å². The highest BCUT2D eigenvalue weighted by Gasteiger charge is 2.38. The molecule has 3 aliphatic heterocycles. The van der Waals surface area contributed by atoms with Crippen molar-refractivity contribution in [1.29, 1.82) is 0 Å². The van der Waals surface area contributed by atoms with E-state index < -0.39 is 0 Å². The smallest absolute Gasteiger partial charge is 0.307 e. The predicted octanol–water partition coefficient (Wildman–Crippen LogP) is 7.45. The van der Waals surface area contributed by atoms with Crippen LogP contribution in [-0.4, -0.2) is 84.7 Å². The van der Waals surface area contributed by atoms with Gasteiger partial charge in [0.1, 0.15) is 13.2 Å². The Balaban J connectivity index is 1.25. The number of esters is 2. The van der Waals surface area contributed by atoms with E-state index in [0.717, 1.165) is 49.4 Å². The molecule has 238 valence electrons. The first kappa shape index (κ1) is 35.0. The van der Waals surface area contributed by atoms with Crippen LogP contribution in [0.2, 0.25) is 0 Å². The van der Waals surface area contributed by atoms with E-state index in [2.05, 4.69) is 51.3 Å². The van der Waals surface area contributed by atoms with Crippen molar-refractivity contribution < 1.29 is 19.1 Å². The standard InChI is InChI=1S/C33H60N2O4S2/c1-7-32(5,6)35-21-14-28(15-22-35)10-8-9-27-12-18-34(19-13-27)20-16-30(37)39-24-33(25-40-41-26-33)23-38-29(36)11-17-31(2,3)4/h27-28H,7-26H2,1-6H3. The average molecular weight is 613 g/mol. The summed E-state index contributed by atoms with van der Waals surface area (Å²) in [7, 11) is 3.55. The number of likely N-dealkylation sites (tertiary alicyclic amines) is 2. The fourth-order valence-electron chi connectivity index (χ4n) is 6.17. The Kier molecular flexibility index (Phi) is 14.2. The third-order valence-electron chi connectivity index (χ3n) is 9.87. The van der Waals surface area contributed by atoms with Crippen molar-refractivity contribution in [3.8, 4) is 0 Å². The Morgan fingerprint density at radius 3 is 1.83 bits per heavy atom. The topological polar surface area (TPSA) is 59.1 Å². The average Bonchev–Trinajstić information content (AvgIpc) is 3.42. The minimum atomic E-state index is -0.260. The summed E-state index contributed by atoms with van der Waals surface area (Å²) >= 11 is 0. The first-order chi connectivity index (χ1) is 19.4. The molecule has 0 aromatic heterocycles. The molecule has 0 aromatic rings. The summed E-state index contributed by atoms with van der Waals surface area (Å²) in [5.74, 6) is 3.20. The van der Waals surface area contributed by atoms with E-state index in [4.69, 9.17) is 9.47 Å². The van der Waals surface area contributed by atoms with Crippen LogP contribution < -0.4 is 0 Å². The number of rotatable bonds is 15. The molecule has 0 atom stereocenters. The van der Waals surface area contributed by atoms with E-state index in [1.807, 2.05) is 0 Å². The van der Waals surface area contributed by atoms with Gasteiger partial charge >= 0.3 is 11.9 Å². The van der Waals surface area contributed by atoms with Crippen molar-refractivity contribution >= 4 is 33.5 Å². The van der Waals surface area contributed by atoms with Gasteiger partial charge in [-0.2, -0.15) is 0 Å². The molecule has 0 N–H and O–H groups in total. The molecular weight excluding hydrogens is 553 g/mol. The van der Waals surface area contributed by atoms with Gasteiger partial charge in [-0.25, -0.2) is 0 Å². The summed E-state index contributed by atoms with van der Waals surface area (Å²) in [6.45, 7) is 19.7. The summed E-state index contributed by atoms with van der Waals surface area (Å²) in [6.07, 6.45) is 12.3. The second kappa shape index (κ2) is 16.6. The molecule has 0 amide bonds. The Bertz CT molecular complexity index is 794. The number of piperidine rings is 2. The Morgan fingerprint density at radius 2 is 1.32 bits per heavy atom. The van der Waals surface area contributed by atoms with Crippen molar-refractivity contribution in [3.05, 3.63) is 0 Å². The zero-order chi connectivity index (χ0) is 29.9. The second-order valence-corrected chi connectivity index (χ2v) is 17.4. The quantitative estimate of drug-likeness (QED) is 0.140. The van der Waals surface area contributed by atoms with E-state index in [9.17, 15) is 9.59 Å². The maximum absolute atomic E-state index is 12.6. The molecular formula is C33H60N2O4S2. The van der Waals surface area contributed by atoms with Gasteiger partial charge in [0.25, 0.3) is 0 Å². The molecule has 8 heteroatoms. The van der Waals surface area contributed by atoms with Crippen LogP contribution in [0.4, 0.5) is 0 Å². The lowest BCUT2D eigenvalue weighted by Gasteiger charge is -2.42. The number of carbonyl (C=O) groups excluding carboxylic acids is 2. The SMILES string of the molecule is CCC(C)(C)N1CCC(CCCC2CCN(CCC(=O)OCC3(COC(=O)CCC(C)(C)C)CSSC3)CC2)CC1. The van der Waals surface area contributed by atoms with Gasteiger partial charge in [-0.1, -0.05) is 68.5 Å². The van der Waals surface area contributed by atoms with E-state index in [-0.39, 0.29) is 22.8 Å². The first-order valence-corrected chi connectivity index (χ1v) is 18.9. The molecule has 0 aromatic carbocycles. The third-order valence-corrected chi connectivity index (χ3v) is 12.7. The zero-order valence-electron chi connectivity index (χ0n) is 27.1. The predicted molar refractivity (Wildman–Crippen MR) is 174 cm³/mol. The summed E-state index contributed by atoms with van der Waals surface area (Å²) in [6, 6.07) is 0. The highest BCUT2D eigenvalue weighted by Crippen LogP contribution is 2.44. The van der Waals surface area contributed by atoms with E-state index in [1.165, 1.54) is 64.5 Å².